The van der Waals surface area contributed by atoms with Crippen LogP contribution in [-0.4, -0.2) is 14.1 Å². The lowest BCUT2D eigenvalue weighted by Crippen LogP contribution is -2.33. The van der Waals surface area contributed by atoms with E-state index < -0.39 is 0 Å². The van der Waals surface area contributed by atoms with E-state index >= 15 is 0 Å². The zero-order valence-electron chi connectivity index (χ0n) is 18.0. The molecule has 0 radical (unpaired) electrons. The number of nitrogens with zero attached hydrogens (tertiary/aromatic N) is 3. The maximum absolute atomic E-state index is 13.4. The molecule has 0 amide bonds. The first-order chi connectivity index (χ1) is 15.0. The first kappa shape index (κ1) is 19.7. The Morgan fingerprint density at radius 1 is 0.903 bits per heavy atom. The van der Waals surface area contributed by atoms with Gasteiger partial charge in [-0.25, -0.2) is 4.98 Å². The average Bonchev–Trinajstić information content (AvgIpc) is 2.78. The minimum absolute atomic E-state index is 0.0456. The van der Waals surface area contributed by atoms with Gasteiger partial charge >= 0.3 is 0 Å². The van der Waals surface area contributed by atoms with Gasteiger partial charge in [-0.3, -0.25) is 9.59 Å². The van der Waals surface area contributed by atoms with Gasteiger partial charge < -0.3 is 9.13 Å². The van der Waals surface area contributed by atoms with Gasteiger partial charge in [0, 0.05) is 18.4 Å². The van der Waals surface area contributed by atoms with Gasteiger partial charge in [0.25, 0.3) is 11.1 Å². The predicted octanol–water partition coefficient (Wildman–Crippen LogP) is 4.76. The first-order valence-electron chi connectivity index (χ1n) is 11.1. The summed E-state index contributed by atoms with van der Waals surface area (Å²) in [5, 5.41) is 1.01. The third-order valence-electron chi connectivity index (χ3n) is 7.06. The van der Waals surface area contributed by atoms with Gasteiger partial charge in [-0.1, -0.05) is 57.0 Å². The van der Waals surface area contributed by atoms with Crippen molar-refractivity contribution in [2.24, 2.45) is 11.8 Å². The van der Waals surface area contributed by atoms with E-state index in [1.807, 2.05) is 53.2 Å². The van der Waals surface area contributed by atoms with Crippen LogP contribution < -0.4 is 11.1 Å². The molecule has 0 unspecified atom stereocenters. The topological polar surface area (TPSA) is 56.9 Å². The van der Waals surface area contributed by atoms with Crippen LogP contribution in [0.2, 0.25) is 0 Å². The molecule has 0 saturated heterocycles. The zero-order valence-corrected chi connectivity index (χ0v) is 18.0. The van der Waals surface area contributed by atoms with E-state index in [2.05, 4.69) is 18.8 Å². The highest BCUT2D eigenvalue weighted by Crippen LogP contribution is 2.37. The molecule has 3 aromatic heterocycles. The Balaban J connectivity index is 1.63. The summed E-state index contributed by atoms with van der Waals surface area (Å²) in [4.78, 5) is 31.2. The number of hydrogen-bond acceptors (Lipinski definition) is 3. The summed E-state index contributed by atoms with van der Waals surface area (Å²) in [6.45, 7) is 5.00. The van der Waals surface area contributed by atoms with Crippen LogP contribution in [0.15, 0.2) is 70.5 Å². The minimum atomic E-state index is -0.120. The van der Waals surface area contributed by atoms with Crippen molar-refractivity contribution in [1.29, 1.82) is 0 Å². The molecular weight excluding hydrogens is 386 g/mol. The number of fused-ring (bicyclic) bond motifs is 2. The molecule has 0 aliphatic heterocycles. The quantitative estimate of drug-likeness (QED) is 0.455. The van der Waals surface area contributed by atoms with Crippen molar-refractivity contribution in [3.05, 3.63) is 87.2 Å². The summed E-state index contributed by atoms with van der Waals surface area (Å²) in [6.07, 6.45) is 7.04. The van der Waals surface area contributed by atoms with Crippen molar-refractivity contribution >= 4 is 21.8 Å². The SMILES string of the molecule is C[C@H]1[C@H](C)CCC[C@H]1n1ccc2nc3ccn(Cc4ccccc4)c(=O)c3cc2c1=O. The fraction of sp³-hybridized carbons (Fsp3) is 0.346. The molecule has 1 fully saturated rings. The molecule has 0 bridgehead atoms. The molecule has 1 saturated carbocycles. The highest BCUT2D eigenvalue weighted by molar-refractivity contribution is 5.91. The maximum Gasteiger partial charge on any atom is 0.260 e. The number of hydrogen-bond donors (Lipinski definition) is 0. The second kappa shape index (κ2) is 7.80. The van der Waals surface area contributed by atoms with Gasteiger partial charge in [0.05, 0.1) is 28.4 Å². The lowest BCUT2D eigenvalue weighted by Gasteiger charge is -2.35. The average molecular weight is 414 g/mol. The summed E-state index contributed by atoms with van der Waals surface area (Å²) >= 11 is 0. The summed E-state index contributed by atoms with van der Waals surface area (Å²) < 4.78 is 3.55. The van der Waals surface area contributed by atoms with E-state index in [1.165, 1.54) is 6.42 Å². The van der Waals surface area contributed by atoms with E-state index in [-0.39, 0.29) is 17.2 Å². The zero-order chi connectivity index (χ0) is 21.5. The monoisotopic (exact) mass is 413 g/mol. The number of pyridine rings is 3. The van der Waals surface area contributed by atoms with E-state index in [9.17, 15) is 9.59 Å². The second-order valence-electron chi connectivity index (χ2n) is 8.95. The fourth-order valence-electron chi connectivity index (χ4n) is 4.99. The van der Waals surface area contributed by atoms with E-state index in [0.29, 0.717) is 40.2 Å². The van der Waals surface area contributed by atoms with E-state index in [4.69, 9.17) is 0 Å². The smallest absolute Gasteiger partial charge is 0.260 e. The number of rotatable bonds is 3. The Kier molecular flexibility index (Phi) is 4.97. The number of aromatic nitrogens is 3. The van der Waals surface area contributed by atoms with Crippen LogP contribution >= 0.6 is 0 Å². The van der Waals surface area contributed by atoms with Crippen molar-refractivity contribution in [3.8, 4) is 0 Å². The molecule has 5 nitrogen and oxygen atoms in total. The lowest BCUT2D eigenvalue weighted by molar-refractivity contribution is 0.183. The van der Waals surface area contributed by atoms with Gasteiger partial charge in [-0.15, -0.1) is 0 Å². The van der Waals surface area contributed by atoms with Gasteiger partial charge in [-0.2, -0.15) is 0 Å². The van der Waals surface area contributed by atoms with Crippen LogP contribution in [0.4, 0.5) is 0 Å². The van der Waals surface area contributed by atoms with Crippen LogP contribution in [0.3, 0.4) is 0 Å². The molecule has 1 aliphatic carbocycles. The first-order valence-corrected chi connectivity index (χ1v) is 11.1. The van der Waals surface area contributed by atoms with Crippen molar-refractivity contribution < 1.29 is 0 Å². The Bertz CT molecular complexity index is 1370. The normalized spacial score (nSPS) is 21.5. The molecule has 5 heteroatoms. The lowest BCUT2D eigenvalue weighted by atomic mass is 9.78. The Morgan fingerprint density at radius 2 is 1.61 bits per heavy atom. The maximum atomic E-state index is 13.4. The second-order valence-corrected chi connectivity index (χ2v) is 8.95. The molecule has 1 aliphatic rings. The van der Waals surface area contributed by atoms with E-state index in [0.717, 1.165) is 18.4 Å². The summed E-state index contributed by atoms with van der Waals surface area (Å²) in [5.74, 6) is 1.04. The molecular formula is C26H27N3O2. The molecule has 0 N–H and O–H groups in total. The van der Waals surface area contributed by atoms with Crippen LogP contribution in [0.1, 0.15) is 44.7 Å². The van der Waals surface area contributed by atoms with Crippen molar-refractivity contribution in [2.45, 2.75) is 45.7 Å². The minimum Gasteiger partial charge on any atom is -0.312 e. The molecule has 1 aromatic carbocycles. The van der Waals surface area contributed by atoms with Crippen molar-refractivity contribution in [2.75, 3.05) is 0 Å². The Hall–Kier alpha value is -3.21. The molecule has 31 heavy (non-hydrogen) atoms. The standard InChI is InChI=1S/C26H27N3O2/c1-17-7-6-10-24(18(17)2)29-14-12-23-21(26(29)31)15-20-22(27-23)11-13-28(25(20)30)16-19-8-4-3-5-9-19/h3-5,8-9,11-15,17-18,24H,6-7,10,16H2,1-2H3/t17-,18+,24-/m1/s1. The van der Waals surface area contributed by atoms with Crippen LogP contribution in [0, 0.1) is 11.8 Å². The molecule has 3 atom stereocenters. The molecule has 0 spiro atoms. The van der Waals surface area contributed by atoms with Crippen molar-refractivity contribution in [1.82, 2.24) is 14.1 Å². The summed E-state index contributed by atoms with van der Waals surface area (Å²) in [6, 6.07) is 15.6. The molecule has 5 rings (SSSR count). The molecule has 3 heterocycles. The summed E-state index contributed by atoms with van der Waals surface area (Å²) in [7, 11) is 0. The number of benzene rings is 1. The van der Waals surface area contributed by atoms with Gasteiger partial charge in [0.2, 0.25) is 0 Å². The van der Waals surface area contributed by atoms with E-state index in [1.54, 1.807) is 16.8 Å². The third kappa shape index (κ3) is 3.48. The Labute approximate surface area is 181 Å². The van der Waals surface area contributed by atoms with Crippen LogP contribution in [0.25, 0.3) is 21.8 Å². The third-order valence-corrected chi connectivity index (χ3v) is 7.06. The molecule has 158 valence electrons. The van der Waals surface area contributed by atoms with Crippen LogP contribution in [0.5, 0.6) is 0 Å². The van der Waals surface area contributed by atoms with Gasteiger partial charge in [0.15, 0.2) is 0 Å². The van der Waals surface area contributed by atoms with Crippen molar-refractivity contribution in [3.63, 3.8) is 0 Å². The molecule has 4 aromatic rings. The largest absolute Gasteiger partial charge is 0.312 e. The Morgan fingerprint density at radius 3 is 2.39 bits per heavy atom. The highest BCUT2D eigenvalue weighted by atomic mass is 16.1. The predicted molar refractivity (Wildman–Crippen MR) is 125 cm³/mol. The van der Waals surface area contributed by atoms with Gasteiger partial charge in [-0.05, 0) is 42.0 Å². The van der Waals surface area contributed by atoms with Gasteiger partial charge in [0.1, 0.15) is 0 Å². The fourth-order valence-corrected chi connectivity index (χ4v) is 4.99. The summed E-state index contributed by atoms with van der Waals surface area (Å²) in [5.41, 5.74) is 2.16. The highest BCUT2D eigenvalue weighted by Gasteiger charge is 2.29. The van der Waals surface area contributed by atoms with Crippen LogP contribution in [-0.2, 0) is 6.54 Å².